The van der Waals surface area contributed by atoms with Crippen molar-refractivity contribution in [3.8, 4) is 0 Å². The van der Waals surface area contributed by atoms with Crippen molar-refractivity contribution in [1.29, 1.82) is 0 Å². The van der Waals surface area contributed by atoms with Crippen LogP contribution in [0.3, 0.4) is 0 Å². The highest BCUT2D eigenvalue weighted by Crippen LogP contribution is 2.29. The van der Waals surface area contributed by atoms with Gasteiger partial charge in [-0.05, 0) is 48.9 Å². The van der Waals surface area contributed by atoms with Crippen LogP contribution in [-0.4, -0.2) is 35.2 Å². The second-order valence-electron chi connectivity index (χ2n) is 6.76. The molecule has 0 aliphatic carbocycles. The Morgan fingerprint density at radius 1 is 1.00 bits per heavy atom. The number of hydrogen-bond donors (Lipinski definition) is 3. The number of hydrogen-bond acceptors (Lipinski definition) is 4. The Kier molecular flexibility index (Phi) is 5.56. The van der Waals surface area contributed by atoms with Gasteiger partial charge in [0.25, 0.3) is 5.91 Å². The zero-order valence-corrected chi connectivity index (χ0v) is 16.5. The molecule has 1 atom stereocenters. The molecule has 1 fully saturated rings. The molecule has 2 aromatic rings. The van der Waals surface area contributed by atoms with Crippen LogP contribution in [0.15, 0.2) is 48.5 Å². The Hall–Kier alpha value is -3.39. The maximum Gasteiger partial charge on any atom is 0.325 e. The number of rotatable bonds is 5. The van der Waals surface area contributed by atoms with Gasteiger partial charge in [-0.25, -0.2) is 4.79 Å². The minimum absolute atomic E-state index is 0.205. The van der Waals surface area contributed by atoms with E-state index in [0.29, 0.717) is 22.0 Å². The van der Waals surface area contributed by atoms with Crippen molar-refractivity contribution >= 4 is 46.7 Å². The van der Waals surface area contributed by atoms with Crippen LogP contribution in [0, 0.1) is 0 Å². The van der Waals surface area contributed by atoms with Crippen molar-refractivity contribution in [2.45, 2.75) is 19.4 Å². The van der Waals surface area contributed by atoms with Crippen LogP contribution in [0.4, 0.5) is 16.2 Å². The van der Waals surface area contributed by atoms with Gasteiger partial charge in [-0.2, -0.15) is 0 Å². The summed E-state index contributed by atoms with van der Waals surface area (Å²) < 4.78 is 0. The van der Waals surface area contributed by atoms with E-state index in [4.69, 9.17) is 11.6 Å². The molecule has 1 heterocycles. The van der Waals surface area contributed by atoms with Crippen LogP contribution >= 0.6 is 11.6 Å². The van der Waals surface area contributed by atoms with Gasteiger partial charge >= 0.3 is 6.03 Å². The third-order valence-corrected chi connectivity index (χ3v) is 4.74. The van der Waals surface area contributed by atoms with E-state index in [1.807, 2.05) is 0 Å². The predicted molar refractivity (Wildman–Crippen MR) is 108 cm³/mol. The summed E-state index contributed by atoms with van der Waals surface area (Å²) in [6.07, 6.45) is 0. The summed E-state index contributed by atoms with van der Waals surface area (Å²) in [5.74, 6) is -1.26. The number of anilines is 2. The summed E-state index contributed by atoms with van der Waals surface area (Å²) in [5.41, 5.74) is 0.346. The molecule has 1 unspecified atom stereocenters. The lowest BCUT2D eigenvalue weighted by Gasteiger charge is -2.22. The van der Waals surface area contributed by atoms with Crippen LogP contribution in [0.1, 0.15) is 19.4 Å². The molecule has 150 valence electrons. The van der Waals surface area contributed by atoms with E-state index in [2.05, 4.69) is 16.0 Å². The Bertz CT molecular complexity index is 975. The molecule has 0 spiro atoms. The second-order valence-corrected chi connectivity index (χ2v) is 7.20. The summed E-state index contributed by atoms with van der Waals surface area (Å²) in [5, 5.41) is 8.38. The molecule has 1 saturated heterocycles. The SMILES string of the molecule is CC(=O)Nc1ccc(NC(=O)CN2C(=O)NC(C)(c3ccc(Cl)cc3)C2=O)cc1. The molecule has 0 radical (unpaired) electrons. The molecule has 1 aliphatic rings. The van der Waals surface area contributed by atoms with Gasteiger partial charge in [0, 0.05) is 23.3 Å². The first-order valence-corrected chi connectivity index (χ1v) is 9.14. The minimum atomic E-state index is -1.28. The number of halogens is 1. The normalized spacial score (nSPS) is 18.4. The zero-order chi connectivity index (χ0) is 21.2. The zero-order valence-electron chi connectivity index (χ0n) is 15.8. The Morgan fingerprint density at radius 2 is 1.55 bits per heavy atom. The van der Waals surface area contributed by atoms with Crippen LogP contribution in [0.2, 0.25) is 5.02 Å². The van der Waals surface area contributed by atoms with Crippen molar-refractivity contribution < 1.29 is 19.2 Å². The molecule has 0 bridgehead atoms. The number of imide groups is 1. The minimum Gasteiger partial charge on any atom is -0.326 e. The van der Waals surface area contributed by atoms with Crippen molar-refractivity contribution in [1.82, 2.24) is 10.2 Å². The van der Waals surface area contributed by atoms with Gasteiger partial charge in [-0.1, -0.05) is 23.7 Å². The molecule has 0 aromatic heterocycles. The van der Waals surface area contributed by atoms with E-state index >= 15 is 0 Å². The lowest BCUT2D eigenvalue weighted by atomic mass is 9.92. The topological polar surface area (TPSA) is 108 Å². The van der Waals surface area contributed by atoms with Crippen molar-refractivity contribution in [3.63, 3.8) is 0 Å². The molecule has 1 aliphatic heterocycles. The first kappa shape index (κ1) is 20.3. The van der Waals surface area contributed by atoms with Gasteiger partial charge in [-0.15, -0.1) is 0 Å². The van der Waals surface area contributed by atoms with E-state index in [1.54, 1.807) is 55.5 Å². The van der Waals surface area contributed by atoms with E-state index < -0.39 is 29.9 Å². The predicted octanol–water partition coefficient (Wildman–Crippen LogP) is 2.70. The van der Waals surface area contributed by atoms with Crippen molar-refractivity contribution in [2.75, 3.05) is 17.2 Å². The Morgan fingerprint density at radius 3 is 2.10 bits per heavy atom. The van der Waals surface area contributed by atoms with E-state index in [9.17, 15) is 19.2 Å². The van der Waals surface area contributed by atoms with Crippen LogP contribution in [0.25, 0.3) is 0 Å². The van der Waals surface area contributed by atoms with Crippen LogP contribution in [0.5, 0.6) is 0 Å². The first-order chi connectivity index (χ1) is 13.7. The second kappa shape index (κ2) is 7.92. The molecule has 3 N–H and O–H groups in total. The molecular formula is C20H19ClN4O4. The molecular weight excluding hydrogens is 396 g/mol. The van der Waals surface area contributed by atoms with Gasteiger partial charge in [0.05, 0.1) is 0 Å². The summed E-state index contributed by atoms with van der Waals surface area (Å²) in [7, 11) is 0. The van der Waals surface area contributed by atoms with Crippen molar-refractivity contribution in [3.05, 3.63) is 59.1 Å². The molecule has 8 nitrogen and oxygen atoms in total. The average molecular weight is 415 g/mol. The molecule has 3 rings (SSSR count). The highest BCUT2D eigenvalue weighted by molar-refractivity contribution is 6.30. The van der Waals surface area contributed by atoms with Crippen LogP contribution < -0.4 is 16.0 Å². The largest absolute Gasteiger partial charge is 0.326 e. The maximum atomic E-state index is 12.8. The summed E-state index contributed by atoms with van der Waals surface area (Å²) in [6, 6.07) is 12.4. The number of nitrogens with zero attached hydrogens (tertiary/aromatic N) is 1. The number of carbonyl (C=O) groups is 4. The quantitative estimate of drug-likeness (QED) is 0.653. The highest BCUT2D eigenvalue weighted by atomic mass is 35.5. The Labute approximate surface area is 172 Å². The molecule has 5 amide bonds. The molecule has 2 aromatic carbocycles. The van der Waals surface area contributed by atoms with Gasteiger partial charge in [-0.3, -0.25) is 19.3 Å². The third-order valence-electron chi connectivity index (χ3n) is 4.49. The molecule has 29 heavy (non-hydrogen) atoms. The van der Waals surface area contributed by atoms with Gasteiger partial charge in [0.15, 0.2) is 0 Å². The summed E-state index contributed by atoms with van der Waals surface area (Å²) >= 11 is 5.88. The highest BCUT2D eigenvalue weighted by Gasteiger charge is 2.49. The van der Waals surface area contributed by atoms with Crippen LogP contribution in [-0.2, 0) is 19.9 Å². The van der Waals surface area contributed by atoms with Gasteiger partial charge < -0.3 is 16.0 Å². The molecule has 9 heteroatoms. The van der Waals surface area contributed by atoms with Crippen molar-refractivity contribution in [2.24, 2.45) is 0 Å². The number of nitrogens with one attached hydrogen (secondary N) is 3. The molecule has 0 saturated carbocycles. The van der Waals surface area contributed by atoms with E-state index in [1.165, 1.54) is 6.92 Å². The lowest BCUT2D eigenvalue weighted by Crippen LogP contribution is -2.42. The standard InChI is InChI=1S/C20H19ClN4O4/c1-12(26)22-15-7-9-16(10-8-15)23-17(27)11-25-18(28)20(2,24-19(25)29)13-3-5-14(21)6-4-13/h3-10H,11H2,1-2H3,(H,22,26)(H,23,27)(H,24,29). The fraction of sp³-hybridized carbons (Fsp3) is 0.200. The Balaban J connectivity index is 1.67. The smallest absolute Gasteiger partial charge is 0.325 e. The number of carbonyl (C=O) groups excluding carboxylic acids is 4. The number of benzene rings is 2. The maximum absolute atomic E-state index is 12.8. The van der Waals surface area contributed by atoms with Gasteiger partial charge in [0.2, 0.25) is 11.8 Å². The fourth-order valence-corrected chi connectivity index (χ4v) is 3.13. The van der Waals surface area contributed by atoms with Gasteiger partial charge in [0.1, 0.15) is 12.1 Å². The average Bonchev–Trinajstić information content (AvgIpc) is 2.87. The summed E-state index contributed by atoms with van der Waals surface area (Å²) in [6.45, 7) is 2.54. The lowest BCUT2D eigenvalue weighted by molar-refractivity contribution is -0.133. The summed E-state index contributed by atoms with van der Waals surface area (Å²) in [4.78, 5) is 49.4. The number of amides is 5. The van der Waals surface area contributed by atoms with E-state index in [-0.39, 0.29) is 5.91 Å². The first-order valence-electron chi connectivity index (χ1n) is 8.77. The van der Waals surface area contributed by atoms with E-state index in [0.717, 1.165) is 4.90 Å². The number of urea groups is 1. The monoisotopic (exact) mass is 414 g/mol. The fourth-order valence-electron chi connectivity index (χ4n) is 3.00. The third kappa shape index (κ3) is 4.38.